The minimum Gasteiger partial charge on any atom is -0.461 e. The number of carbonyl (C=O) groups is 1. The minimum absolute atomic E-state index is 0.405. The van der Waals surface area contributed by atoms with Gasteiger partial charge in [-0.05, 0) is 13.3 Å². The zero-order valence-electron chi connectivity index (χ0n) is 19.4. The highest BCUT2D eigenvalue weighted by molar-refractivity contribution is 7.90. The van der Waals surface area contributed by atoms with E-state index in [0.717, 1.165) is 13.8 Å². The van der Waals surface area contributed by atoms with E-state index in [-0.39, 0.29) is 0 Å². The summed E-state index contributed by atoms with van der Waals surface area (Å²) in [5.74, 6) is -53.4. The highest BCUT2D eigenvalue weighted by Crippen LogP contribution is 2.64. The average Bonchev–Trinajstić information content (AvgIpc) is 2.76. The summed E-state index contributed by atoms with van der Waals surface area (Å²) in [6.45, 7) is 0.624. The summed E-state index contributed by atoms with van der Waals surface area (Å²) < 4.78 is 255. The summed E-state index contributed by atoms with van der Waals surface area (Å²) in [4.78, 5) is 11.2. The van der Waals surface area contributed by atoms with Gasteiger partial charge in [0.25, 0.3) is 10.0 Å². The van der Waals surface area contributed by atoms with Crippen LogP contribution in [0.5, 0.6) is 0 Å². The van der Waals surface area contributed by atoms with Gasteiger partial charge < -0.3 is 4.74 Å². The maximum absolute atomic E-state index is 14.3. The number of carbonyl (C=O) groups excluding carboxylic acids is 1. The molecule has 40 heavy (non-hydrogen) atoms. The first-order chi connectivity index (χ1) is 17.3. The van der Waals surface area contributed by atoms with Gasteiger partial charge in [-0.3, -0.25) is 0 Å². The van der Waals surface area contributed by atoms with Crippen LogP contribution in [-0.2, 0) is 19.6 Å². The molecule has 0 saturated carbocycles. The summed E-state index contributed by atoms with van der Waals surface area (Å²) in [6.07, 6.45) is -8.56. The number of alkyl halides is 17. The lowest BCUT2D eigenvalue weighted by Crippen LogP contribution is -2.75. The van der Waals surface area contributed by atoms with E-state index in [1.807, 2.05) is 0 Å². The van der Waals surface area contributed by atoms with Crippen molar-refractivity contribution in [2.45, 2.75) is 67.2 Å². The molecule has 0 bridgehead atoms. The Labute approximate surface area is 212 Å². The summed E-state index contributed by atoms with van der Waals surface area (Å²) in [5.41, 5.74) is -0.405. The summed E-state index contributed by atoms with van der Waals surface area (Å²) in [7, 11) is -7.45. The van der Waals surface area contributed by atoms with Crippen LogP contribution in [0.2, 0.25) is 0 Å². The highest BCUT2D eigenvalue weighted by Gasteiger charge is 2.96. The van der Waals surface area contributed by atoms with Crippen molar-refractivity contribution in [2.75, 3.05) is 19.7 Å². The average molecular weight is 653 g/mol. The first-order valence-corrected chi connectivity index (χ1v) is 11.3. The van der Waals surface area contributed by atoms with Gasteiger partial charge >= 0.3 is 52.9 Å². The van der Waals surface area contributed by atoms with Crippen LogP contribution in [0.4, 0.5) is 74.6 Å². The maximum atomic E-state index is 14.3. The third-order valence-corrected chi connectivity index (χ3v) is 6.70. The van der Waals surface area contributed by atoms with Crippen LogP contribution in [0.15, 0.2) is 12.2 Å². The van der Waals surface area contributed by atoms with E-state index in [1.165, 1.54) is 0 Å². The van der Waals surface area contributed by atoms with E-state index in [4.69, 9.17) is 0 Å². The van der Waals surface area contributed by atoms with Crippen LogP contribution in [0, 0.1) is 0 Å². The molecule has 0 saturated heterocycles. The molecule has 0 unspecified atom stereocenters. The Kier molecular flexibility index (Phi) is 10.4. The molecular formula is C17H16F17NO4S. The lowest BCUT2D eigenvalue weighted by molar-refractivity contribution is -0.458. The Morgan fingerprint density at radius 1 is 0.675 bits per heavy atom. The van der Waals surface area contributed by atoms with Crippen LogP contribution in [0.3, 0.4) is 0 Å². The molecular weight excluding hydrogens is 637 g/mol. The Bertz CT molecular complexity index is 1050. The second-order valence-corrected chi connectivity index (χ2v) is 9.76. The number of rotatable bonds is 14. The molecule has 0 heterocycles. The second-order valence-electron chi connectivity index (χ2n) is 7.78. The fraction of sp³-hybridized carbons (Fsp3) is 0.824. The number of sulfonamides is 1. The third kappa shape index (κ3) is 5.54. The molecule has 0 N–H and O–H groups in total. The van der Waals surface area contributed by atoms with Gasteiger partial charge in [0.05, 0.1) is 0 Å². The predicted octanol–water partition coefficient (Wildman–Crippen LogP) is 6.11. The van der Waals surface area contributed by atoms with E-state index in [2.05, 4.69) is 11.3 Å². The Balaban J connectivity index is 6.85. The zero-order chi connectivity index (χ0) is 32.8. The van der Waals surface area contributed by atoms with E-state index >= 15 is 0 Å². The van der Waals surface area contributed by atoms with Crippen LogP contribution < -0.4 is 0 Å². The summed E-state index contributed by atoms with van der Waals surface area (Å²) in [5, 5.41) is -7.67. The quantitative estimate of drug-likeness (QED) is 0.129. The van der Waals surface area contributed by atoms with Crippen molar-refractivity contribution in [3.05, 3.63) is 12.2 Å². The zero-order valence-corrected chi connectivity index (χ0v) is 20.3. The Hall–Kier alpha value is -2.07. The van der Waals surface area contributed by atoms with Crippen molar-refractivity contribution < 1.29 is 92.6 Å². The van der Waals surface area contributed by atoms with Gasteiger partial charge in [-0.1, -0.05) is 13.5 Å². The van der Waals surface area contributed by atoms with Gasteiger partial charge in [0.1, 0.15) is 6.61 Å². The lowest BCUT2D eigenvalue weighted by atomic mass is 9.91. The van der Waals surface area contributed by atoms with Crippen LogP contribution in [0.25, 0.3) is 0 Å². The van der Waals surface area contributed by atoms with E-state index in [0.29, 0.717) is 0 Å². The monoisotopic (exact) mass is 653 g/mol. The Morgan fingerprint density at radius 3 is 1.35 bits per heavy atom. The minimum atomic E-state index is -8.91. The van der Waals surface area contributed by atoms with Crippen molar-refractivity contribution in [2.24, 2.45) is 0 Å². The molecule has 0 aromatic heterocycles. The lowest BCUT2D eigenvalue weighted by Gasteiger charge is -2.43. The first-order valence-electron chi connectivity index (χ1n) is 9.82. The topological polar surface area (TPSA) is 63.7 Å². The second kappa shape index (κ2) is 11.0. The molecule has 0 rings (SSSR count). The van der Waals surface area contributed by atoms with Gasteiger partial charge in [-0.25, -0.2) is 13.2 Å². The van der Waals surface area contributed by atoms with Gasteiger partial charge in [-0.15, -0.1) is 0 Å². The first kappa shape index (κ1) is 37.9. The standard InChI is InChI=1S/C17H16F17NO4S/c1-4-5-35(6-7-39-9(36)8(2)3)40(37,38)17(33,34)15(28,29)13(24,25)11(20,21)10(18,19)12(22,23)14(26,27)16(30,31)32/h2,4-7H2,1,3H3. The highest BCUT2D eigenvalue weighted by atomic mass is 32.2. The van der Waals surface area contributed by atoms with Crippen molar-refractivity contribution in [3.63, 3.8) is 0 Å². The largest absolute Gasteiger partial charge is 0.461 e. The van der Waals surface area contributed by atoms with Gasteiger partial charge in [0.2, 0.25) is 0 Å². The number of hydrogen-bond donors (Lipinski definition) is 0. The molecule has 0 aromatic rings. The van der Waals surface area contributed by atoms with Gasteiger partial charge in [0.15, 0.2) is 0 Å². The Morgan fingerprint density at radius 2 is 1.02 bits per heavy atom. The number of ether oxygens (including phenoxy) is 1. The maximum Gasteiger partial charge on any atom is 0.460 e. The molecule has 0 radical (unpaired) electrons. The molecule has 0 spiro atoms. The normalized spacial score (nSPS) is 15.4. The molecule has 0 aromatic carbocycles. The van der Waals surface area contributed by atoms with E-state index in [1.54, 1.807) is 0 Å². The van der Waals surface area contributed by atoms with Crippen molar-refractivity contribution in [1.82, 2.24) is 4.31 Å². The number of esters is 1. The summed E-state index contributed by atoms with van der Waals surface area (Å²) >= 11 is 0. The molecule has 0 fully saturated rings. The molecule has 0 aliphatic carbocycles. The van der Waals surface area contributed by atoms with Crippen molar-refractivity contribution in [3.8, 4) is 0 Å². The smallest absolute Gasteiger partial charge is 0.460 e. The van der Waals surface area contributed by atoms with Crippen LogP contribution >= 0.6 is 0 Å². The molecule has 0 atom stereocenters. The number of hydrogen-bond acceptors (Lipinski definition) is 4. The number of halogens is 17. The van der Waals surface area contributed by atoms with Crippen LogP contribution in [0.1, 0.15) is 20.3 Å². The van der Waals surface area contributed by atoms with Crippen molar-refractivity contribution >= 4 is 16.0 Å². The molecule has 0 aliphatic rings. The molecule has 23 heteroatoms. The molecule has 0 aliphatic heterocycles. The fourth-order valence-electron chi connectivity index (χ4n) is 2.44. The van der Waals surface area contributed by atoms with Gasteiger partial charge in [-0.2, -0.15) is 78.9 Å². The van der Waals surface area contributed by atoms with Crippen LogP contribution in [-0.4, -0.2) is 85.4 Å². The molecule has 5 nitrogen and oxygen atoms in total. The van der Waals surface area contributed by atoms with E-state index in [9.17, 15) is 87.8 Å². The molecule has 238 valence electrons. The van der Waals surface area contributed by atoms with Gasteiger partial charge in [0, 0.05) is 18.7 Å². The molecule has 0 amide bonds. The SMILES string of the molecule is C=C(C)C(=O)OCCN(CCC)S(=O)(=O)C(F)(F)C(F)(F)C(F)(F)C(F)(F)C(F)(F)C(F)(F)C(F)(F)C(F)(F)F. The summed E-state index contributed by atoms with van der Waals surface area (Å²) in [6, 6.07) is 0. The van der Waals surface area contributed by atoms with Crippen molar-refractivity contribution in [1.29, 1.82) is 0 Å². The third-order valence-electron chi connectivity index (χ3n) is 4.75. The number of nitrogens with zero attached hydrogens (tertiary/aromatic N) is 1. The fourth-order valence-corrected chi connectivity index (χ4v) is 3.95. The van der Waals surface area contributed by atoms with E-state index < -0.39 is 99.0 Å². The predicted molar refractivity (Wildman–Crippen MR) is 97.2 cm³/mol.